The summed E-state index contributed by atoms with van der Waals surface area (Å²) in [5, 5.41) is 11.9. The predicted octanol–water partition coefficient (Wildman–Crippen LogP) is 0.691. The summed E-state index contributed by atoms with van der Waals surface area (Å²) in [6, 6.07) is 1.91. The highest BCUT2D eigenvalue weighted by Crippen LogP contribution is 2.14. The molecule has 1 heterocycles. The molecule has 1 rings (SSSR count). The fourth-order valence-corrected chi connectivity index (χ4v) is 0.699. The van der Waals surface area contributed by atoms with Gasteiger partial charge in [-0.1, -0.05) is 12.1 Å². The average molecular weight is 137 g/mol. The van der Waals surface area contributed by atoms with Crippen LogP contribution in [0.1, 0.15) is 18.2 Å². The maximum absolute atomic E-state index is 8.49. The third-order valence-electron chi connectivity index (χ3n) is 1.22. The molecule has 0 aromatic carbocycles. The van der Waals surface area contributed by atoms with E-state index in [9.17, 15) is 0 Å². The Morgan fingerprint density at radius 2 is 2.50 bits per heavy atom. The van der Waals surface area contributed by atoms with Crippen LogP contribution in [0.5, 0.6) is 0 Å². The molecule has 0 atom stereocenters. The summed E-state index contributed by atoms with van der Waals surface area (Å²) < 4.78 is 4.74. The number of hydrogen-bond donors (Lipinski definition) is 1. The second-order valence-corrected chi connectivity index (χ2v) is 1.83. The van der Waals surface area contributed by atoms with Gasteiger partial charge in [-0.3, -0.25) is 0 Å². The summed E-state index contributed by atoms with van der Waals surface area (Å²) in [4.78, 5) is 0. The van der Waals surface area contributed by atoms with Crippen LogP contribution < -0.4 is 5.73 Å². The molecular formula is C6H7N3O. The molecule has 4 heteroatoms. The molecule has 52 valence electrons. The molecule has 0 aliphatic heterocycles. The number of anilines is 1. The van der Waals surface area contributed by atoms with Crippen LogP contribution in [0.15, 0.2) is 4.52 Å². The first-order valence-corrected chi connectivity index (χ1v) is 2.93. The Morgan fingerprint density at radius 3 is 2.90 bits per heavy atom. The highest BCUT2D eigenvalue weighted by molar-refractivity contribution is 5.49. The fraction of sp³-hybridized carbons (Fsp3) is 0.333. The molecule has 0 spiro atoms. The van der Waals surface area contributed by atoms with E-state index < -0.39 is 0 Å². The van der Waals surface area contributed by atoms with Crippen molar-refractivity contribution < 1.29 is 4.52 Å². The highest BCUT2D eigenvalue weighted by atomic mass is 16.5. The lowest BCUT2D eigenvalue weighted by molar-refractivity contribution is 0.389. The number of aromatic nitrogens is 1. The first-order chi connectivity index (χ1) is 4.79. The van der Waals surface area contributed by atoms with Crippen LogP contribution in [0.25, 0.3) is 0 Å². The van der Waals surface area contributed by atoms with Crippen LogP contribution in [0.3, 0.4) is 0 Å². The van der Waals surface area contributed by atoms with Crippen molar-refractivity contribution in [1.82, 2.24) is 5.16 Å². The molecule has 0 fully saturated rings. The lowest BCUT2D eigenvalue weighted by Gasteiger charge is -1.83. The summed E-state index contributed by atoms with van der Waals surface area (Å²) in [6.07, 6.45) is 0.646. The minimum atomic E-state index is 0.180. The van der Waals surface area contributed by atoms with E-state index in [0.717, 1.165) is 0 Å². The first-order valence-electron chi connectivity index (χ1n) is 2.93. The van der Waals surface area contributed by atoms with E-state index in [1.54, 1.807) is 0 Å². The topological polar surface area (TPSA) is 75.8 Å². The third-order valence-corrected chi connectivity index (χ3v) is 1.22. The molecule has 4 nitrogen and oxygen atoms in total. The van der Waals surface area contributed by atoms with Gasteiger partial charge in [0.25, 0.3) is 0 Å². The third kappa shape index (κ3) is 0.818. The Labute approximate surface area is 58.2 Å². The molecule has 0 amide bonds. The van der Waals surface area contributed by atoms with Crippen LogP contribution in [-0.4, -0.2) is 5.16 Å². The smallest absolute Gasteiger partial charge is 0.185 e. The molecule has 1 aromatic heterocycles. The number of nitrogen functional groups attached to an aromatic ring is 1. The van der Waals surface area contributed by atoms with Gasteiger partial charge in [-0.15, -0.1) is 0 Å². The van der Waals surface area contributed by atoms with Crippen LogP contribution in [-0.2, 0) is 6.42 Å². The zero-order chi connectivity index (χ0) is 7.56. The quantitative estimate of drug-likeness (QED) is 0.617. The van der Waals surface area contributed by atoms with E-state index in [1.807, 2.05) is 13.0 Å². The molecule has 0 saturated heterocycles. The van der Waals surface area contributed by atoms with E-state index in [1.165, 1.54) is 0 Å². The SMILES string of the molecule is CCc1onc(N)c1C#N. The van der Waals surface area contributed by atoms with Crippen molar-refractivity contribution in [2.24, 2.45) is 0 Å². The van der Waals surface area contributed by atoms with Crippen molar-refractivity contribution in [3.05, 3.63) is 11.3 Å². The van der Waals surface area contributed by atoms with Crippen LogP contribution >= 0.6 is 0 Å². The molecule has 0 unspecified atom stereocenters. The predicted molar refractivity (Wildman–Crippen MR) is 35.0 cm³/mol. The summed E-state index contributed by atoms with van der Waals surface area (Å²) in [6.45, 7) is 1.88. The van der Waals surface area contributed by atoms with Gasteiger partial charge in [-0.2, -0.15) is 5.26 Å². The van der Waals surface area contributed by atoms with E-state index in [-0.39, 0.29) is 5.82 Å². The van der Waals surface area contributed by atoms with Gasteiger partial charge in [-0.25, -0.2) is 0 Å². The normalized spacial score (nSPS) is 9.20. The summed E-state index contributed by atoms with van der Waals surface area (Å²) in [7, 11) is 0. The number of rotatable bonds is 1. The summed E-state index contributed by atoms with van der Waals surface area (Å²) in [5.41, 5.74) is 5.66. The number of nitrogens with two attached hydrogens (primary N) is 1. The fourth-order valence-electron chi connectivity index (χ4n) is 0.699. The zero-order valence-electron chi connectivity index (χ0n) is 5.59. The Hall–Kier alpha value is -1.50. The maximum atomic E-state index is 8.49. The number of nitriles is 1. The van der Waals surface area contributed by atoms with Crippen molar-refractivity contribution in [2.45, 2.75) is 13.3 Å². The van der Waals surface area contributed by atoms with Crippen molar-refractivity contribution in [3.63, 3.8) is 0 Å². The second kappa shape index (κ2) is 2.40. The minimum Gasteiger partial charge on any atom is -0.380 e. The standard InChI is InChI=1S/C6H7N3O/c1-2-5-4(3-7)6(8)9-10-5/h2H2,1H3,(H2,8,9). The van der Waals surface area contributed by atoms with Crippen molar-refractivity contribution in [1.29, 1.82) is 5.26 Å². The van der Waals surface area contributed by atoms with Gasteiger partial charge in [-0.05, 0) is 0 Å². The maximum Gasteiger partial charge on any atom is 0.185 e. The first kappa shape index (κ1) is 6.62. The van der Waals surface area contributed by atoms with Gasteiger partial charge in [0, 0.05) is 6.42 Å². The summed E-state index contributed by atoms with van der Waals surface area (Å²) in [5.74, 6) is 0.736. The summed E-state index contributed by atoms with van der Waals surface area (Å²) >= 11 is 0. The number of hydrogen-bond acceptors (Lipinski definition) is 4. The minimum absolute atomic E-state index is 0.180. The van der Waals surface area contributed by atoms with Crippen molar-refractivity contribution in [3.8, 4) is 6.07 Å². The Bertz CT molecular complexity index is 271. The molecular weight excluding hydrogens is 130 g/mol. The van der Waals surface area contributed by atoms with Crippen LogP contribution in [0, 0.1) is 11.3 Å². The molecule has 0 radical (unpaired) electrons. The van der Waals surface area contributed by atoms with Gasteiger partial charge in [0.15, 0.2) is 11.6 Å². The largest absolute Gasteiger partial charge is 0.380 e. The van der Waals surface area contributed by atoms with Gasteiger partial charge in [0.1, 0.15) is 11.6 Å². The molecule has 10 heavy (non-hydrogen) atoms. The van der Waals surface area contributed by atoms with Crippen LogP contribution in [0.4, 0.5) is 5.82 Å². The van der Waals surface area contributed by atoms with Crippen LogP contribution in [0.2, 0.25) is 0 Å². The lowest BCUT2D eigenvalue weighted by atomic mass is 10.2. The number of nitrogens with zero attached hydrogens (tertiary/aromatic N) is 2. The Morgan fingerprint density at radius 1 is 1.80 bits per heavy atom. The molecule has 0 aliphatic carbocycles. The zero-order valence-corrected chi connectivity index (χ0v) is 5.59. The van der Waals surface area contributed by atoms with E-state index in [2.05, 4.69) is 5.16 Å². The van der Waals surface area contributed by atoms with Crippen molar-refractivity contribution in [2.75, 3.05) is 5.73 Å². The highest BCUT2D eigenvalue weighted by Gasteiger charge is 2.09. The molecule has 2 N–H and O–H groups in total. The Kier molecular flexibility index (Phi) is 1.59. The van der Waals surface area contributed by atoms with E-state index >= 15 is 0 Å². The monoisotopic (exact) mass is 137 g/mol. The van der Waals surface area contributed by atoms with E-state index in [0.29, 0.717) is 17.7 Å². The van der Waals surface area contributed by atoms with Crippen molar-refractivity contribution >= 4 is 5.82 Å². The second-order valence-electron chi connectivity index (χ2n) is 1.83. The van der Waals surface area contributed by atoms with Gasteiger partial charge in [0.2, 0.25) is 0 Å². The van der Waals surface area contributed by atoms with E-state index in [4.69, 9.17) is 15.5 Å². The van der Waals surface area contributed by atoms with Gasteiger partial charge >= 0.3 is 0 Å². The molecule has 0 bridgehead atoms. The molecule has 1 aromatic rings. The van der Waals surface area contributed by atoms with Gasteiger partial charge in [0.05, 0.1) is 0 Å². The number of aryl methyl sites for hydroxylation is 1. The average Bonchev–Trinajstić information content (AvgIpc) is 2.30. The molecule has 0 aliphatic rings. The van der Waals surface area contributed by atoms with Gasteiger partial charge < -0.3 is 10.3 Å². The Balaban J connectivity index is 3.17. The lowest BCUT2D eigenvalue weighted by Crippen LogP contribution is -1.88. The molecule has 0 saturated carbocycles.